The second-order valence-electron chi connectivity index (χ2n) is 8.53. The average molecular weight is 506 g/mol. The second-order valence-corrected chi connectivity index (χ2v) is 8.53. The van der Waals surface area contributed by atoms with Crippen molar-refractivity contribution in [1.82, 2.24) is 26.6 Å². The number of hydrogen-bond donors (Lipinski definition) is 6. The second kappa shape index (κ2) is 16.0. The molecule has 2 atom stereocenters. The molecule has 6 N–H and O–H groups in total. The molecule has 0 saturated carbocycles. The fourth-order valence-corrected chi connectivity index (χ4v) is 3.13. The van der Waals surface area contributed by atoms with Crippen molar-refractivity contribution in [3.8, 4) is 0 Å². The van der Waals surface area contributed by atoms with Gasteiger partial charge in [-0.05, 0) is 18.9 Å². The van der Waals surface area contributed by atoms with Crippen LogP contribution in [0.4, 0.5) is 0 Å². The molecule has 1 rings (SSSR count). The standard InChI is InChI=1S/C24H35N5O7/c1-15(2)28-18(9-10-22(33)34)23(35)27-13-20(31)25-14-21(32)29-19(24(36)26-12-16(3)30)11-17-7-5-4-6-8-17/h4-8,15,18-19,28H,9-14H2,1-3H3,(H,25,31)(H,26,36)(H,27,35)(H,29,32)(H,33,34). The summed E-state index contributed by atoms with van der Waals surface area (Å²) >= 11 is 0. The zero-order chi connectivity index (χ0) is 27.1. The van der Waals surface area contributed by atoms with Gasteiger partial charge in [-0.2, -0.15) is 0 Å². The highest BCUT2D eigenvalue weighted by molar-refractivity contribution is 5.93. The molecule has 0 aliphatic heterocycles. The third kappa shape index (κ3) is 13.2. The molecule has 36 heavy (non-hydrogen) atoms. The highest BCUT2D eigenvalue weighted by atomic mass is 16.4. The van der Waals surface area contributed by atoms with Crippen LogP contribution in [0.2, 0.25) is 0 Å². The van der Waals surface area contributed by atoms with Crippen LogP contribution in [0.3, 0.4) is 0 Å². The quantitative estimate of drug-likeness (QED) is 0.163. The van der Waals surface area contributed by atoms with E-state index < -0.39 is 54.8 Å². The molecule has 0 fully saturated rings. The largest absolute Gasteiger partial charge is 0.481 e. The minimum atomic E-state index is -1.04. The first-order chi connectivity index (χ1) is 17.0. The molecule has 0 heterocycles. The number of nitrogens with one attached hydrogen (secondary N) is 5. The molecular formula is C24H35N5O7. The lowest BCUT2D eigenvalue weighted by Gasteiger charge is -2.20. The van der Waals surface area contributed by atoms with Crippen LogP contribution in [0, 0.1) is 0 Å². The highest BCUT2D eigenvalue weighted by Crippen LogP contribution is 2.04. The van der Waals surface area contributed by atoms with Gasteiger partial charge in [0.25, 0.3) is 0 Å². The van der Waals surface area contributed by atoms with Crippen molar-refractivity contribution in [2.75, 3.05) is 19.6 Å². The molecule has 4 amide bonds. The normalized spacial score (nSPS) is 12.2. The van der Waals surface area contributed by atoms with E-state index >= 15 is 0 Å². The molecule has 12 nitrogen and oxygen atoms in total. The molecule has 0 bridgehead atoms. The highest BCUT2D eigenvalue weighted by Gasteiger charge is 2.23. The number of carboxylic acids is 1. The van der Waals surface area contributed by atoms with Crippen molar-refractivity contribution >= 4 is 35.4 Å². The Balaban J connectivity index is 2.59. The van der Waals surface area contributed by atoms with Crippen LogP contribution >= 0.6 is 0 Å². The van der Waals surface area contributed by atoms with Crippen molar-refractivity contribution in [2.24, 2.45) is 0 Å². The van der Waals surface area contributed by atoms with E-state index in [4.69, 9.17) is 5.11 Å². The Bertz CT molecular complexity index is 921. The van der Waals surface area contributed by atoms with E-state index in [1.54, 1.807) is 38.1 Å². The summed E-state index contributed by atoms with van der Waals surface area (Å²) in [5, 5.41) is 21.6. The lowest BCUT2D eigenvalue weighted by Crippen LogP contribution is -2.52. The van der Waals surface area contributed by atoms with Gasteiger partial charge in [-0.25, -0.2) is 0 Å². The van der Waals surface area contributed by atoms with Crippen LogP contribution in [0.1, 0.15) is 39.2 Å². The van der Waals surface area contributed by atoms with Crippen molar-refractivity contribution in [1.29, 1.82) is 0 Å². The minimum absolute atomic E-state index is 0.0534. The Kier molecular flexibility index (Phi) is 13.4. The van der Waals surface area contributed by atoms with Gasteiger partial charge in [-0.15, -0.1) is 0 Å². The number of rotatable bonds is 16. The first kappa shape index (κ1) is 30.2. The zero-order valence-electron chi connectivity index (χ0n) is 20.8. The van der Waals surface area contributed by atoms with Gasteiger partial charge in [0.2, 0.25) is 23.6 Å². The molecular weight excluding hydrogens is 470 g/mol. The number of Topliss-reactive ketones (excluding diaryl/α,β-unsaturated/α-hetero) is 1. The third-order valence-corrected chi connectivity index (χ3v) is 4.81. The van der Waals surface area contributed by atoms with Crippen LogP contribution in [-0.4, -0.2) is 78.2 Å². The van der Waals surface area contributed by atoms with Gasteiger partial charge in [0, 0.05) is 18.9 Å². The van der Waals surface area contributed by atoms with E-state index in [0.29, 0.717) is 0 Å². The SMILES string of the molecule is CC(=O)CNC(=O)C(Cc1ccccc1)NC(=O)CNC(=O)CNC(=O)C(CCC(=O)O)NC(C)C. The van der Waals surface area contributed by atoms with Crippen LogP contribution in [0.25, 0.3) is 0 Å². The fraction of sp³-hybridized carbons (Fsp3) is 0.500. The Labute approximate surface area is 210 Å². The molecule has 0 radical (unpaired) electrons. The molecule has 198 valence electrons. The van der Waals surface area contributed by atoms with Crippen LogP contribution < -0.4 is 26.6 Å². The predicted molar refractivity (Wildman–Crippen MR) is 131 cm³/mol. The molecule has 0 aromatic heterocycles. The van der Waals surface area contributed by atoms with Crippen LogP contribution in [0.5, 0.6) is 0 Å². The number of carbonyl (C=O) groups is 6. The van der Waals surface area contributed by atoms with Gasteiger partial charge >= 0.3 is 5.97 Å². The van der Waals surface area contributed by atoms with E-state index in [2.05, 4.69) is 26.6 Å². The summed E-state index contributed by atoms with van der Waals surface area (Å²) in [4.78, 5) is 71.3. The first-order valence-electron chi connectivity index (χ1n) is 11.6. The number of amides is 4. The van der Waals surface area contributed by atoms with Crippen molar-refractivity contribution in [3.63, 3.8) is 0 Å². The molecule has 0 aliphatic carbocycles. The summed E-state index contributed by atoms with van der Waals surface area (Å²) < 4.78 is 0. The zero-order valence-corrected chi connectivity index (χ0v) is 20.8. The van der Waals surface area contributed by atoms with Gasteiger partial charge in [0.1, 0.15) is 11.8 Å². The Morgan fingerprint density at radius 3 is 1.97 bits per heavy atom. The molecule has 0 saturated heterocycles. The third-order valence-electron chi connectivity index (χ3n) is 4.81. The minimum Gasteiger partial charge on any atom is -0.481 e. The first-order valence-corrected chi connectivity index (χ1v) is 11.6. The molecule has 0 aliphatic rings. The van der Waals surface area contributed by atoms with Gasteiger partial charge < -0.3 is 31.7 Å². The lowest BCUT2D eigenvalue weighted by molar-refractivity contribution is -0.137. The Morgan fingerprint density at radius 2 is 1.39 bits per heavy atom. The number of hydrogen-bond acceptors (Lipinski definition) is 7. The smallest absolute Gasteiger partial charge is 0.303 e. The summed E-state index contributed by atoms with van der Waals surface area (Å²) in [5.74, 6) is -3.62. The molecule has 12 heteroatoms. The number of aliphatic carboxylic acids is 1. The summed E-state index contributed by atoms with van der Waals surface area (Å²) in [5.41, 5.74) is 0.792. The van der Waals surface area contributed by atoms with E-state index in [9.17, 15) is 28.8 Å². The molecule has 1 aromatic rings. The summed E-state index contributed by atoms with van der Waals surface area (Å²) in [6.45, 7) is 3.91. The van der Waals surface area contributed by atoms with Gasteiger partial charge in [-0.1, -0.05) is 44.2 Å². The maximum atomic E-state index is 12.5. The van der Waals surface area contributed by atoms with Gasteiger partial charge in [0.05, 0.1) is 25.7 Å². The number of carbonyl (C=O) groups excluding carboxylic acids is 5. The number of ketones is 1. The van der Waals surface area contributed by atoms with Gasteiger partial charge in [0.15, 0.2) is 0 Å². The monoisotopic (exact) mass is 505 g/mol. The van der Waals surface area contributed by atoms with Crippen molar-refractivity contribution in [2.45, 2.75) is 58.2 Å². The maximum absolute atomic E-state index is 12.5. The number of benzene rings is 1. The van der Waals surface area contributed by atoms with E-state index in [1.165, 1.54) is 6.92 Å². The van der Waals surface area contributed by atoms with Crippen molar-refractivity contribution in [3.05, 3.63) is 35.9 Å². The van der Waals surface area contributed by atoms with Crippen molar-refractivity contribution < 1.29 is 33.9 Å². The summed E-state index contributed by atoms with van der Waals surface area (Å²) in [7, 11) is 0. The number of carboxylic acid groups (broad SMARTS) is 1. The topological polar surface area (TPSA) is 183 Å². The molecule has 0 spiro atoms. The Hall–Kier alpha value is -3.80. The summed E-state index contributed by atoms with van der Waals surface area (Å²) in [6, 6.07) is 7.15. The summed E-state index contributed by atoms with van der Waals surface area (Å²) in [6.07, 6.45) is 0.0209. The van der Waals surface area contributed by atoms with E-state index in [-0.39, 0.29) is 37.6 Å². The molecule has 1 aromatic carbocycles. The van der Waals surface area contributed by atoms with E-state index in [0.717, 1.165) is 5.56 Å². The maximum Gasteiger partial charge on any atom is 0.303 e. The lowest BCUT2D eigenvalue weighted by atomic mass is 10.1. The predicted octanol–water partition coefficient (Wildman–Crippen LogP) is -1.12. The average Bonchev–Trinajstić information content (AvgIpc) is 2.82. The van der Waals surface area contributed by atoms with Crippen LogP contribution in [-0.2, 0) is 35.2 Å². The van der Waals surface area contributed by atoms with Crippen LogP contribution in [0.15, 0.2) is 30.3 Å². The van der Waals surface area contributed by atoms with Gasteiger partial charge in [-0.3, -0.25) is 28.8 Å². The fourth-order valence-electron chi connectivity index (χ4n) is 3.13. The van der Waals surface area contributed by atoms with E-state index in [1.807, 2.05) is 6.07 Å². The molecule has 2 unspecified atom stereocenters. The Morgan fingerprint density at radius 1 is 0.806 bits per heavy atom.